The molecule has 0 aromatic heterocycles. The summed E-state index contributed by atoms with van der Waals surface area (Å²) < 4.78 is 468. The zero-order valence-electron chi connectivity index (χ0n) is 28.9. The molecule has 0 saturated carbocycles. The molecule has 0 aromatic carbocycles. The van der Waals surface area contributed by atoms with Crippen LogP contribution in [-0.4, -0.2) is 139 Å². The van der Waals surface area contributed by atoms with E-state index in [2.05, 4.69) is 0 Å². The Bertz CT molecular complexity index is 1700. The standard InChI is InChI=1S/C16H17F17N.C8HF17O3S/c1-34(6-2-3-7-34)8-4-5-9(17,18)10(19,20)11(21,22)12(23,24)13(25,26)14(27,28)15(29,30)16(31,32)33;9-1(10,3(13,14)5(17,18)7(21,22)23)2(11,12)4(15,16)6(19,20)8(24,25)29(26,27)28/h2-8H2,1H3;(H,26,27,28)/q+1;/p-1. The maximum atomic E-state index is 13.8. The normalized spacial score (nSPS) is 18.3. The lowest BCUT2D eigenvalue weighted by Crippen LogP contribution is -2.75. The molecule has 0 radical (unpaired) electrons. The van der Waals surface area contributed by atoms with Gasteiger partial charge in [0.25, 0.3) is 0 Å². The van der Waals surface area contributed by atoms with E-state index in [4.69, 9.17) is 0 Å². The number of quaternary nitrogens is 1. The van der Waals surface area contributed by atoms with E-state index in [-0.39, 0.29) is 11.0 Å². The number of hydrogen-bond donors (Lipinski definition) is 0. The van der Waals surface area contributed by atoms with Crippen LogP contribution in [0.15, 0.2) is 0 Å². The number of likely N-dealkylation sites (tertiary alicyclic amines) is 1. The first-order valence-corrected chi connectivity index (χ1v) is 16.3. The first-order chi connectivity index (χ1) is 26.7. The Morgan fingerprint density at radius 1 is 0.381 bits per heavy atom. The van der Waals surface area contributed by atoms with Crippen LogP contribution in [0.1, 0.15) is 25.7 Å². The van der Waals surface area contributed by atoms with Crippen molar-refractivity contribution in [1.29, 1.82) is 0 Å². The first-order valence-electron chi connectivity index (χ1n) is 14.9. The molecule has 0 aromatic rings. The molecular weight excluding hydrogens is 1030 g/mol. The monoisotopic (exact) mass is 1050 g/mol. The van der Waals surface area contributed by atoms with Gasteiger partial charge in [0.15, 0.2) is 10.1 Å². The van der Waals surface area contributed by atoms with Crippen molar-refractivity contribution in [3.8, 4) is 0 Å². The fourth-order valence-electron chi connectivity index (χ4n) is 4.67. The summed E-state index contributed by atoms with van der Waals surface area (Å²) in [5.41, 5.74) is 0. The van der Waals surface area contributed by atoms with E-state index in [0.717, 1.165) is 0 Å². The largest absolute Gasteiger partial charge is 0.743 e. The molecule has 1 heterocycles. The molecule has 1 aliphatic heterocycles. The Morgan fingerprint density at radius 2 is 0.603 bits per heavy atom. The van der Waals surface area contributed by atoms with Crippen LogP contribution in [0.25, 0.3) is 0 Å². The molecule has 63 heavy (non-hydrogen) atoms. The molecule has 1 saturated heterocycles. The number of nitrogens with zero attached hydrogens (tertiary/aromatic N) is 1. The molecular formula is C24H17F34NO3S. The van der Waals surface area contributed by atoms with Gasteiger partial charge < -0.3 is 9.04 Å². The lowest BCUT2D eigenvalue weighted by Gasteiger charge is -2.43. The number of hydrogen-bond acceptors (Lipinski definition) is 3. The lowest BCUT2D eigenvalue weighted by molar-refractivity contribution is -0.898. The summed E-state index contributed by atoms with van der Waals surface area (Å²) in [5.74, 6) is -108. The van der Waals surface area contributed by atoms with Gasteiger partial charge in [0.2, 0.25) is 0 Å². The highest BCUT2D eigenvalue weighted by molar-refractivity contribution is 7.86. The van der Waals surface area contributed by atoms with Gasteiger partial charge in [-0.1, -0.05) is 0 Å². The van der Waals surface area contributed by atoms with E-state index in [1.807, 2.05) is 0 Å². The molecule has 4 nitrogen and oxygen atoms in total. The SMILES string of the molecule is C[N+]1(CCCC(F)(F)C(F)(F)C(F)(F)C(F)(F)C(F)(F)C(F)(F)C(F)(F)C(F)(F)F)CCCC1.O=S(=O)([O-])C(F)(F)C(F)(F)C(F)(F)C(F)(F)C(F)(F)C(F)(F)C(F)(F)C(F)(F)F. The molecule has 0 bridgehead atoms. The molecule has 1 aliphatic rings. The van der Waals surface area contributed by atoms with E-state index < -0.39 is 118 Å². The van der Waals surface area contributed by atoms with Gasteiger partial charge in [0.05, 0.1) is 26.7 Å². The third kappa shape index (κ3) is 8.80. The Hall–Kier alpha value is -2.51. The predicted octanol–water partition coefficient (Wildman–Crippen LogP) is 11.5. The Kier molecular flexibility index (Phi) is 15.4. The molecule has 0 aliphatic carbocycles. The second-order valence-electron chi connectivity index (χ2n) is 13.2. The molecule has 0 atom stereocenters. The van der Waals surface area contributed by atoms with Crippen LogP contribution in [0.5, 0.6) is 0 Å². The van der Waals surface area contributed by atoms with E-state index in [0.29, 0.717) is 25.9 Å². The molecule has 0 spiro atoms. The molecule has 0 unspecified atom stereocenters. The van der Waals surface area contributed by atoms with Crippen molar-refractivity contribution in [2.75, 3.05) is 26.7 Å². The summed E-state index contributed by atoms with van der Waals surface area (Å²) in [6, 6.07) is 0. The van der Waals surface area contributed by atoms with Gasteiger partial charge in [-0.25, -0.2) is 8.42 Å². The van der Waals surface area contributed by atoms with E-state index >= 15 is 0 Å². The van der Waals surface area contributed by atoms with Crippen molar-refractivity contribution < 1.29 is 167 Å². The summed E-state index contributed by atoms with van der Waals surface area (Å²) in [6.07, 6.45) is -17.9. The van der Waals surface area contributed by atoms with Crippen LogP contribution < -0.4 is 0 Å². The highest BCUT2D eigenvalue weighted by Crippen LogP contribution is 2.66. The first kappa shape index (κ1) is 60.5. The zero-order valence-corrected chi connectivity index (χ0v) is 29.7. The third-order valence-corrected chi connectivity index (χ3v) is 9.51. The van der Waals surface area contributed by atoms with Gasteiger partial charge in [0, 0.05) is 25.7 Å². The molecule has 0 amide bonds. The Morgan fingerprint density at radius 3 is 0.841 bits per heavy atom. The van der Waals surface area contributed by atoms with Crippen LogP contribution in [0.3, 0.4) is 0 Å². The molecule has 0 N–H and O–H groups in total. The van der Waals surface area contributed by atoms with Crippen molar-refractivity contribution in [3.63, 3.8) is 0 Å². The van der Waals surface area contributed by atoms with Crippen LogP contribution in [0.4, 0.5) is 149 Å². The molecule has 39 heteroatoms. The molecule has 380 valence electrons. The topological polar surface area (TPSA) is 57.2 Å². The summed E-state index contributed by atoms with van der Waals surface area (Å²) in [6.45, 7) is 0.287. The smallest absolute Gasteiger partial charge is 0.460 e. The second kappa shape index (κ2) is 16.1. The minimum absolute atomic E-state index is 0.0228. The summed E-state index contributed by atoms with van der Waals surface area (Å²) >= 11 is 0. The molecule has 1 fully saturated rings. The van der Waals surface area contributed by atoms with E-state index in [1.54, 1.807) is 0 Å². The molecule has 1 rings (SSSR count). The van der Waals surface area contributed by atoms with Gasteiger partial charge in [-0.05, 0) is 0 Å². The summed E-state index contributed by atoms with van der Waals surface area (Å²) in [7, 11) is -6.70. The van der Waals surface area contributed by atoms with Crippen molar-refractivity contribution in [2.24, 2.45) is 0 Å². The minimum Gasteiger partial charge on any atom is -0.743 e. The maximum Gasteiger partial charge on any atom is 0.460 e. The number of alkyl halides is 34. The van der Waals surface area contributed by atoms with Gasteiger partial charge in [-0.2, -0.15) is 149 Å². The summed E-state index contributed by atoms with van der Waals surface area (Å²) in [4.78, 5) is 0. The van der Waals surface area contributed by atoms with E-state index in [9.17, 15) is 162 Å². The third-order valence-electron chi connectivity index (χ3n) is 8.63. The van der Waals surface area contributed by atoms with Crippen LogP contribution >= 0.6 is 0 Å². The fourth-order valence-corrected chi connectivity index (χ4v) is 5.11. The quantitative estimate of drug-likeness (QED) is 0.0829. The van der Waals surface area contributed by atoms with Crippen molar-refractivity contribution in [3.05, 3.63) is 0 Å². The Balaban J connectivity index is 0.00000124. The predicted molar refractivity (Wildman–Crippen MR) is 130 cm³/mol. The van der Waals surface area contributed by atoms with Crippen LogP contribution in [-0.2, 0) is 10.1 Å². The van der Waals surface area contributed by atoms with Crippen molar-refractivity contribution in [1.82, 2.24) is 0 Å². The van der Waals surface area contributed by atoms with Gasteiger partial charge in [-0.15, -0.1) is 0 Å². The van der Waals surface area contributed by atoms with Gasteiger partial charge in [0.1, 0.15) is 0 Å². The maximum absolute atomic E-state index is 13.8. The summed E-state index contributed by atoms with van der Waals surface area (Å²) in [5, 5.41) is -7.95. The average Bonchev–Trinajstić information content (AvgIpc) is 3.48. The Labute approximate surface area is 324 Å². The van der Waals surface area contributed by atoms with Crippen LogP contribution in [0, 0.1) is 0 Å². The van der Waals surface area contributed by atoms with Crippen molar-refractivity contribution >= 4 is 10.1 Å². The lowest BCUT2D eigenvalue weighted by atomic mass is 9.88. The second-order valence-corrected chi connectivity index (χ2v) is 14.6. The highest BCUT2D eigenvalue weighted by atomic mass is 32.2. The zero-order chi connectivity index (χ0) is 51.9. The van der Waals surface area contributed by atoms with Gasteiger partial charge in [-0.3, -0.25) is 0 Å². The van der Waals surface area contributed by atoms with E-state index in [1.165, 1.54) is 7.05 Å². The number of halogens is 34. The number of rotatable bonds is 17. The van der Waals surface area contributed by atoms with Crippen LogP contribution in [0.2, 0.25) is 0 Å². The highest BCUT2D eigenvalue weighted by Gasteiger charge is 2.97. The fraction of sp³-hybridized carbons (Fsp3) is 1.00. The average molecular weight is 1050 g/mol. The van der Waals surface area contributed by atoms with Gasteiger partial charge >= 0.3 is 94.6 Å². The minimum atomic E-state index is -8.92. The van der Waals surface area contributed by atoms with Crippen molar-refractivity contribution in [2.45, 2.75) is 120 Å².